The van der Waals surface area contributed by atoms with E-state index in [1.807, 2.05) is 0 Å². The van der Waals surface area contributed by atoms with E-state index in [1.54, 1.807) is 0 Å². The van der Waals surface area contributed by atoms with Gasteiger partial charge in [-0.15, -0.1) is 0 Å². The average molecular weight is 155 g/mol. The molecule has 0 bridgehead atoms. The molecule has 0 amide bonds. The summed E-state index contributed by atoms with van der Waals surface area (Å²) in [5.74, 6) is -1.36. The van der Waals surface area contributed by atoms with Gasteiger partial charge in [0.2, 0.25) is 0 Å². The van der Waals surface area contributed by atoms with Crippen LogP contribution in [0.4, 0.5) is 0 Å². The van der Waals surface area contributed by atoms with E-state index in [0.29, 0.717) is 19.3 Å². The minimum atomic E-state index is -1.20. The van der Waals surface area contributed by atoms with E-state index in [2.05, 4.69) is 0 Å². The van der Waals surface area contributed by atoms with Gasteiger partial charge in [0.25, 0.3) is 0 Å². The van der Waals surface area contributed by atoms with Crippen molar-refractivity contribution in [3.8, 4) is 0 Å². The lowest BCUT2D eigenvalue weighted by Gasteiger charge is -2.13. The van der Waals surface area contributed by atoms with E-state index >= 15 is 0 Å². The van der Waals surface area contributed by atoms with Crippen LogP contribution in [0.2, 0.25) is 0 Å². The highest BCUT2D eigenvalue weighted by atomic mass is 16.4. The second kappa shape index (κ2) is 2.74. The van der Waals surface area contributed by atoms with Gasteiger partial charge in [-0.3, -0.25) is 0 Å². The van der Waals surface area contributed by atoms with Gasteiger partial charge in [-0.1, -0.05) is 0 Å². The maximum Gasteiger partial charge on any atom is 0.340 e. The molecule has 0 aromatic carbocycles. The Kier molecular flexibility index (Phi) is 1.94. The first-order valence-corrected chi connectivity index (χ1v) is 3.36. The summed E-state index contributed by atoms with van der Waals surface area (Å²) in [6, 6.07) is 0. The summed E-state index contributed by atoms with van der Waals surface area (Å²) in [7, 11) is 0. The molecule has 0 saturated carbocycles. The fourth-order valence-electron chi connectivity index (χ4n) is 1.11. The molecule has 1 rings (SSSR count). The first-order chi connectivity index (χ1) is 5.13. The molecule has 0 aliphatic heterocycles. The van der Waals surface area contributed by atoms with Gasteiger partial charge in [-0.2, -0.15) is 0 Å². The molecular weight excluding hydrogens is 146 g/mol. The molecule has 1 aliphatic rings. The largest absolute Gasteiger partial charge is 0.511 e. The number of hydrogen-bond donors (Lipinski definition) is 3. The van der Waals surface area contributed by atoms with E-state index in [-0.39, 0.29) is 17.0 Å². The molecule has 0 fully saturated rings. The minimum Gasteiger partial charge on any atom is -0.511 e. The van der Waals surface area contributed by atoms with Crippen LogP contribution >= 0.6 is 0 Å². The number of carboxylic acids is 1. The first kappa shape index (κ1) is 7.78. The van der Waals surface area contributed by atoms with Gasteiger partial charge in [-0.25, -0.2) is 4.79 Å². The van der Waals surface area contributed by atoms with Gasteiger partial charge in [0.1, 0.15) is 11.3 Å². The number of aliphatic carboxylic acids is 1. The summed E-state index contributed by atoms with van der Waals surface area (Å²) in [6.45, 7) is 0. The Labute approximate surface area is 63.7 Å². The fraction of sp³-hybridized carbons (Fsp3) is 0.429. The van der Waals surface area contributed by atoms with Gasteiger partial charge in [-0.05, 0) is 12.8 Å². The smallest absolute Gasteiger partial charge is 0.340 e. The lowest BCUT2D eigenvalue weighted by molar-refractivity contribution is -0.132. The van der Waals surface area contributed by atoms with E-state index in [9.17, 15) is 4.79 Å². The zero-order chi connectivity index (χ0) is 8.43. The molecular formula is C7H9NO3. The Balaban J connectivity index is 3.01. The molecule has 0 aromatic rings. The molecule has 0 radical (unpaired) electrons. The number of rotatable bonds is 1. The van der Waals surface area contributed by atoms with Crippen molar-refractivity contribution in [2.45, 2.75) is 19.3 Å². The molecule has 4 heteroatoms. The molecule has 0 spiro atoms. The van der Waals surface area contributed by atoms with Crippen LogP contribution in [0.25, 0.3) is 0 Å². The van der Waals surface area contributed by atoms with Crippen LogP contribution in [0.1, 0.15) is 19.3 Å². The highest BCUT2D eigenvalue weighted by molar-refractivity contribution is 6.18. The third-order valence-electron chi connectivity index (χ3n) is 1.64. The molecule has 11 heavy (non-hydrogen) atoms. The highest BCUT2D eigenvalue weighted by Crippen LogP contribution is 2.19. The topological polar surface area (TPSA) is 81.4 Å². The summed E-state index contributed by atoms with van der Waals surface area (Å²) >= 11 is 0. The first-order valence-electron chi connectivity index (χ1n) is 3.36. The third kappa shape index (κ3) is 1.39. The maximum absolute atomic E-state index is 10.4. The van der Waals surface area contributed by atoms with Crippen molar-refractivity contribution in [1.82, 2.24) is 0 Å². The van der Waals surface area contributed by atoms with Gasteiger partial charge < -0.3 is 15.6 Å². The summed E-state index contributed by atoms with van der Waals surface area (Å²) in [4.78, 5) is 10.4. The van der Waals surface area contributed by atoms with Crippen molar-refractivity contribution in [2.24, 2.45) is 0 Å². The number of nitrogens with one attached hydrogen (secondary N) is 1. The molecule has 0 unspecified atom stereocenters. The average Bonchev–Trinajstić information content (AvgIpc) is 1.85. The fourth-order valence-corrected chi connectivity index (χ4v) is 1.11. The van der Waals surface area contributed by atoms with Crippen LogP contribution in [-0.2, 0) is 4.79 Å². The number of carbonyl (C=O) groups is 1. The van der Waals surface area contributed by atoms with E-state index in [0.717, 1.165) is 0 Å². The van der Waals surface area contributed by atoms with Crippen LogP contribution in [0.3, 0.4) is 0 Å². The van der Waals surface area contributed by atoms with Crippen molar-refractivity contribution in [3.63, 3.8) is 0 Å². The second-order valence-corrected chi connectivity index (χ2v) is 2.46. The Morgan fingerprint density at radius 3 is 2.45 bits per heavy atom. The van der Waals surface area contributed by atoms with E-state index < -0.39 is 5.97 Å². The second-order valence-electron chi connectivity index (χ2n) is 2.46. The highest BCUT2D eigenvalue weighted by Gasteiger charge is 2.22. The standard InChI is InChI=1S/C7H9NO3/c8-4-2-1-3-5(9)6(4)7(10)11/h8-9H,1-3H2,(H,10,11). The summed E-state index contributed by atoms with van der Waals surface area (Å²) in [5.41, 5.74) is -0.183. The van der Waals surface area contributed by atoms with Crippen LogP contribution in [0.15, 0.2) is 11.3 Å². The predicted octanol–water partition coefficient (Wildman–Crippen LogP) is 1.09. The van der Waals surface area contributed by atoms with Crippen LogP contribution in [-0.4, -0.2) is 21.9 Å². The molecule has 60 valence electrons. The molecule has 4 nitrogen and oxygen atoms in total. The lowest BCUT2D eigenvalue weighted by Crippen LogP contribution is -2.18. The molecule has 0 atom stereocenters. The molecule has 0 saturated heterocycles. The molecule has 1 aliphatic carbocycles. The number of allylic oxidation sites excluding steroid dienone is 1. The molecule has 3 N–H and O–H groups in total. The lowest BCUT2D eigenvalue weighted by atomic mass is 9.96. The number of hydrogen-bond acceptors (Lipinski definition) is 3. The molecule has 0 aromatic heterocycles. The summed E-state index contributed by atoms with van der Waals surface area (Å²) < 4.78 is 0. The van der Waals surface area contributed by atoms with Crippen molar-refractivity contribution in [3.05, 3.63) is 11.3 Å². The summed E-state index contributed by atoms with van der Waals surface area (Å²) in [5, 5.41) is 24.8. The Hall–Kier alpha value is -1.32. The van der Waals surface area contributed by atoms with Crippen LogP contribution < -0.4 is 0 Å². The van der Waals surface area contributed by atoms with E-state index in [4.69, 9.17) is 15.6 Å². The van der Waals surface area contributed by atoms with Crippen LogP contribution in [0.5, 0.6) is 0 Å². The quantitative estimate of drug-likeness (QED) is 0.530. The zero-order valence-corrected chi connectivity index (χ0v) is 5.92. The van der Waals surface area contributed by atoms with Crippen molar-refractivity contribution >= 4 is 11.7 Å². The monoisotopic (exact) mass is 155 g/mol. The number of aliphatic hydroxyl groups is 1. The Bertz CT molecular complexity index is 242. The van der Waals surface area contributed by atoms with E-state index in [1.165, 1.54) is 0 Å². The van der Waals surface area contributed by atoms with Gasteiger partial charge in [0.05, 0.1) is 0 Å². The normalized spacial score (nSPS) is 18.7. The van der Waals surface area contributed by atoms with Crippen molar-refractivity contribution < 1.29 is 15.0 Å². The number of aliphatic hydroxyl groups excluding tert-OH is 1. The Morgan fingerprint density at radius 2 is 2.09 bits per heavy atom. The van der Waals surface area contributed by atoms with Gasteiger partial charge in [0.15, 0.2) is 0 Å². The third-order valence-corrected chi connectivity index (χ3v) is 1.64. The van der Waals surface area contributed by atoms with Crippen LogP contribution in [0, 0.1) is 5.41 Å². The maximum atomic E-state index is 10.4. The zero-order valence-electron chi connectivity index (χ0n) is 5.92. The summed E-state index contributed by atoms with van der Waals surface area (Å²) in [6.07, 6.45) is 1.50. The molecule has 0 heterocycles. The van der Waals surface area contributed by atoms with Gasteiger partial charge in [0, 0.05) is 12.1 Å². The number of carboxylic acid groups (broad SMARTS) is 1. The van der Waals surface area contributed by atoms with Crippen molar-refractivity contribution in [2.75, 3.05) is 0 Å². The van der Waals surface area contributed by atoms with Crippen molar-refractivity contribution in [1.29, 1.82) is 5.41 Å². The Morgan fingerprint density at radius 1 is 1.45 bits per heavy atom. The predicted molar refractivity (Wildman–Crippen MR) is 38.9 cm³/mol. The minimum absolute atomic E-state index is 0.0289. The van der Waals surface area contributed by atoms with Gasteiger partial charge >= 0.3 is 5.97 Å². The SMILES string of the molecule is N=C1CCCC(O)=C1C(=O)O.